The summed E-state index contributed by atoms with van der Waals surface area (Å²) in [6, 6.07) is 4.99. The normalized spacial score (nSPS) is 20.4. The Balaban J connectivity index is 2.06. The second kappa shape index (κ2) is 4.39. The second-order valence-corrected chi connectivity index (χ2v) is 4.18. The highest BCUT2D eigenvalue weighted by Gasteiger charge is 2.30. The Bertz CT molecular complexity index is 411. The van der Waals surface area contributed by atoms with Gasteiger partial charge < -0.3 is 5.32 Å². The summed E-state index contributed by atoms with van der Waals surface area (Å²) < 4.78 is 37.0. The van der Waals surface area contributed by atoms with Gasteiger partial charge >= 0.3 is 6.18 Å². The fraction of sp³-hybridized carbons (Fsp3) is 0.417. The molecular weight excluding hydrogens is 231 g/mol. The Morgan fingerprint density at radius 2 is 1.88 bits per heavy atom. The van der Waals surface area contributed by atoms with Gasteiger partial charge in [0, 0.05) is 12.5 Å². The lowest BCUT2D eigenvalue weighted by Gasteiger charge is -2.09. The van der Waals surface area contributed by atoms with Crippen LogP contribution in [0.2, 0.25) is 0 Å². The minimum atomic E-state index is -4.30. The molecular formula is C12H12F3NO. The number of alkyl halides is 3. The van der Waals surface area contributed by atoms with Crippen LogP contribution < -0.4 is 5.32 Å². The van der Waals surface area contributed by atoms with Crippen molar-refractivity contribution in [1.82, 2.24) is 5.32 Å². The number of hydrogen-bond donors (Lipinski definition) is 1. The van der Waals surface area contributed by atoms with E-state index >= 15 is 0 Å². The lowest BCUT2D eigenvalue weighted by molar-refractivity contribution is -0.137. The van der Waals surface area contributed by atoms with E-state index < -0.39 is 11.7 Å². The number of benzene rings is 1. The molecule has 92 valence electrons. The molecule has 2 rings (SSSR count). The van der Waals surface area contributed by atoms with Gasteiger partial charge in [-0.1, -0.05) is 12.1 Å². The number of hydrogen-bond acceptors (Lipinski definition) is 1. The monoisotopic (exact) mass is 243 g/mol. The van der Waals surface area contributed by atoms with Crippen LogP contribution in [-0.2, 0) is 17.4 Å². The first-order chi connectivity index (χ1) is 7.97. The molecule has 1 fully saturated rings. The zero-order valence-corrected chi connectivity index (χ0v) is 9.05. The summed E-state index contributed by atoms with van der Waals surface area (Å²) in [4.78, 5) is 11.3. The molecule has 1 heterocycles. The predicted molar refractivity (Wildman–Crippen MR) is 56.3 cm³/mol. The quantitative estimate of drug-likeness (QED) is 0.849. The van der Waals surface area contributed by atoms with E-state index in [4.69, 9.17) is 0 Å². The molecule has 1 aliphatic rings. The Morgan fingerprint density at radius 1 is 1.24 bits per heavy atom. The highest BCUT2D eigenvalue weighted by molar-refractivity contribution is 5.80. The van der Waals surface area contributed by atoms with Crippen LogP contribution in [0, 0.1) is 5.92 Å². The van der Waals surface area contributed by atoms with E-state index in [-0.39, 0.29) is 11.8 Å². The highest BCUT2D eigenvalue weighted by atomic mass is 19.4. The van der Waals surface area contributed by atoms with Crippen molar-refractivity contribution in [3.05, 3.63) is 35.4 Å². The van der Waals surface area contributed by atoms with Crippen molar-refractivity contribution < 1.29 is 18.0 Å². The van der Waals surface area contributed by atoms with Crippen LogP contribution >= 0.6 is 0 Å². The van der Waals surface area contributed by atoms with Crippen molar-refractivity contribution in [3.63, 3.8) is 0 Å². The minimum absolute atomic E-state index is 0.00935. The van der Waals surface area contributed by atoms with Crippen LogP contribution in [0.3, 0.4) is 0 Å². The van der Waals surface area contributed by atoms with Gasteiger partial charge in [-0.05, 0) is 30.5 Å². The molecule has 1 amide bonds. The van der Waals surface area contributed by atoms with Gasteiger partial charge in [0.15, 0.2) is 0 Å². The molecule has 2 nitrogen and oxygen atoms in total. The van der Waals surface area contributed by atoms with Crippen LogP contribution in [0.5, 0.6) is 0 Å². The van der Waals surface area contributed by atoms with Crippen molar-refractivity contribution in [2.75, 3.05) is 6.54 Å². The second-order valence-electron chi connectivity index (χ2n) is 4.18. The van der Waals surface area contributed by atoms with Crippen LogP contribution in [0.4, 0.5) is 13.2 Å². The van der Waals surface area contributed by atoms with Gasteiger partial charge in [0.25, 0.3) is 0 Å². The Kier molecular flexibility index (Phi) is 3.09. The van der Waals surface area contributed by atoms with E-state index in [9.17, 15) is 18.0 Å². The largest absolute Gasteiger partial charge is 0.416 e. The summed E-state index contributed by atoms with van der Waals surface area (Å²) in [6.45, 7) is 0.657. The molecule has 1 aromatic rings. The third-order valence-corrected chi connectivity index (χ3v) is 2.93. The van der Waals surface area contributed by atoms with Gasteiger partial charge in [0.2, 0.25) is 5.91 Å². The Labute approximate surface area is 96.8 Å². The zero-order valence-electron chi connectivity index (χ0n) is 9.05. The molecule has 1 aliphatic heterocycles. The minimum Gasteiger partial charge on any atom is -0.356 e. The molecule has 0 aliphatic carbocycles. The number of amides is 1. The van der Waals surface area contributed by atoms with Gasteiger partial charge in [-0.15, -0.1) is 0 Å². The summed E-state index contributed by atoms with van der Waals surface area (Å²) in [5.41, 5.74) is 0.108. The van der Waals surface area contributed by atoms with E-state index in [2.05, 4.69) is 5.32 Å². The van der Waals surface area contributed by atoms with Crippen LogP contribution in [0.1, 0.15) is 17.5 Å². The third-order valence-electron chi connectivity index (χ3n) is 2.93. The molecule has 1 atom stereocenters. The molecule has 17 heavy (non-hydrogen) atoms. The zero-order chi connectivity index (χ0) is 12.5. The fourth-order valence-corrected chi connectivity index (χ4v) is 1.95. The lowest BCUT2D eigenvalue weighted by atomic mass is 9.97. The molecule has 1 N–H and O–H groups in total. The summed E-state index contributed by atoms with van der Waals surface area (Å²) >= 11 is 0. The molecule has 0 saturated carbocycles. The molecule has 5 heteroatoms. The molecule has 1 saturated heterocycles. The lowest BCUT2D eigenvalue weighted by Crippen LogP contribution is -2.20. The van der Waals surface area contributed by atoms with E-state index in [0.29, 0.717) is 13.0 Å². The molecule has 0 radical (unpaired) electrons. The fourth-order valence-electron chi connectivity index (χ4n) is 1.95. The average Bonchev–Trinajstić information content (AvgIpc) is 2.64. The first-order valence-corrected chi connectivity index (χ1v) is 5.40. The first-order valence-electron chi connectivity index (χ1n) is 5.40. The van der Waals surface area contributed by atoms with E-state index in [0.717, 1.165) is 24.1 Å². The summed E-state index contributed by atoms with van der Waals surface area (Å²) in [5, 5.41) is 2.71. The van der Waals surface area contributed by atoms with Crippen LogP contribution in [-0.4, -0.2) is 12.5 Å². The first kappa shape index (κ1) is 12.0. The van der Waals surface area contributed by atoms with Gasteiger partial charge in [0.05, 0.1) is 5.56 Å². The Morgan fingerprint density at radius 3 is 2.35 bits per heavy atom. The summed E-state index contributed by atoms with van der Waals surface area (Å²) in [5.74, 6) is -0.114. The van der Waals surface area contributed by atoms with Gasteiger partial charge in [-0.3, -0.25) is 4.79 Å². The van der Waals surface area contributed by atoms with E-state index in [1.54, 1.807) is 0 Å². The van der Waals surface area contributed by atoms with Gasteiger partial charge in [0.1, 0.15) is 0 Å². The van der Waals surface area contributed by atoms with Crippen molar-refractivity contribution in [3.8, 4) is 0 Å². The maximum Gasteiger partial charge on any atom is 0.416 e. The number of rotatable bonds is 2. The molecule has 1 unspecified atom stereocenters. The van der Waals surface area contributed by atoms with Gasteiger partial charge in [-0.2, -0.15) is 13.2 Å². The molecule has 0 bridgehead atoms. The third kappa shape index (κ3) is 2.78. The number of nitrogens with one attached hydrogen (secondary N) is 1. The maximum absolute atomic E-state index is 12.3. The number of carbonyl (C=O) groups is 1. The standard InChI is InChI=1S/C12H12F3NO/c13-12(14,15)10-3-1-8(2-4-10)7-9-5-6-16-11(9)17/h1-4,9H,5-7H2,(H,16,17). The topological polar surface area (TPSA) is 29.1 Å². The summed E-state index contributed by atoms with van der Waals surface area (Å²) in [7, 11) is 0. The van der Waals surface area contributed by atoms with Gasteiger partial charge in [-0.25, -0.2) is 0 Å². The van der Waals surface area contributed by atoms with E-state index in [1.807, 2.05) is 0 Å². The smallest absolute Gasteiger partial charge is 0.356 e. The van der Waals surface area contributed by atoms with Crippen molar-refractivity contribution in [1.29, 1.82) is 0 Å². The van der Waals surface area contributed by atoms with E-state index in [1.165, 1.54) is 12.1 Å². The SMILES string of the molecule is O=C1NCCC1Cc1ccc(C(F)(F)F)cc1. The average molecular weight is 243 g/mol. The molecule has 0 spiro atoms. The van der Waals surface area contributed by atoms with Crippen molar-refractivity contribution >= 4 is 5.91 Å². The molecule has 0 aromatic heterocycles. The van der Waals surface area contributed by atoms with Crippen molar-refractivity contribution in [2.45, 2.75) is 19.0 Å². The summed E-state index contributed by atoms with van der Waals surface area (Å²) in [6.07, 6.45) is -3.05. The van der Waals surface area contributed by atoms with Crippen molar-refractivity contribution in [2.24, 2.45) is 5.92 Å². The number of carbonyl (C=O) groups excluding carboxylic acids is 1. The van der Waals surface area contributed by atoms with Crippen LogP contribution in [0.25, 0.3) is 0 Å². The molecule has 1 aromatic carbocycles. The Hall–Kier alpha value is -1.52. The maximum atomic E-state index is 12.3. The number of halogens is 3. The highest BCUT2D eigenvalue weighted by Crippen LogP contribution is 2.29. The van der Waals surface area contributed by atoms with Crippen LogP contribution in [0.15, 0.2) is 24.3 Å². The predicted octanol–water partition coefficient (Wildman–Crippen LogP) is 2.38.